The monoisotopic (exact) mass is 860 g/mol. The van der Waals surface area contributed by atoms with Gasteiger partial charge in [0.2, 0.25) is 0 Å². The molecule has 5 aromatic carbocycles. The van der Waals surface area contributed by atoms with E-state index in [1.807, 2.05) is 0 Å². The molecule has 0 fully saturated rings. The molecule has 0 aromatic heterocycles. The summed E-state index contributed by atoms with van der Waals surface area (Å²) in [5.74, 6) is 1.79. The van der Waals surface area contributed by atoms with Gasteiger partial charge in [0.1, 0.15) is 0 Å². The molecule has 0 N–H and O–H groups in total. The second-order valence-corrected chi connectivity index (χ2v) is 15.2. The van der Waals surface area contributed by atoms with Gasteiger partial charge in [0.15, 0.2) is 0 Å². The van der Waals surface area contributed by atoms with Crippen LogP contribution < -0.4 is 9.80 Å². The van der Waals surface area contributed by atoms with Gasteiger partial charge in [-0.2, -0.15) is 0 Å². The molecule has 273 valence electrons. The van der Waals surface area contributed by atoms with E-state index >= 15 is 0 Å². The first kappa shape index (κ1) is 40.0. The minimum absolute atomic E-state index is 0. The van der Waals surface area contributed by atoms with Crippen molar-refractivity contribution in [2.75, 3.05) is 9.80 Å². The van der Waals surface area contributed by atoms with E-state index in [-0.39, 0.29) is 22.4 Å². The van der Waals surface area contributed by atoms with Gasteiger partial charge in [-0.15, -0.1) is 18.0 Å². The van der Waals surface area contributed by atoms with Crippen molar-refractivity contribution in [3.05, 3.63) is 154 Å². The van der Waals surface area contributed by atoms with Crippen molar-refractivity contribution in [2.24, 2.45) is 0 Å². The summed E-state index contributed by atoms with van der Waals surface area (Å²) in [6, 6.07) is 35.2. The molecular formula is C47H57AuN3-2. The SMILES string of the molecule is CC(C)c1cccc(C(C)C)c1N1[CH-]N(c2c(C(C)C)cccc2C(C)C)c2ccccc21.Cc1ccc([N-]c2ccc(C)cc2C)c(C)c1.[Au]. The van der Waals surface area contributed by atoms with E-state index in [4.69, 9.17) is 5.32 Å². The summed E-state index contributed by atoms with van der Waals surface area (Å²) in [4.78, 5) is 4.89. The second kappa shape index (κ2) is 17.2. The number of anilines is 4. The first-order chi connectivity index (χ1) is 23.8. The van der Waals surface area contributed by atoms with Crippen LogP contribution in [0.1, 0.15) is 124 Å². The predicted molar refractivity (Wildman–Crippen MR) is 219 cm³/mol. The third-order valence-corrected chi connectivity index (χ3v) is 9.74. The Morgan fingerprint density at radius 3 is 1.08 bits per heavy atom. The Balaban J connectivity index is 0.000000273. The largest absolute Gasteiger partial charge is 0.657 e. The van der Waals surface area contributed by atoms with E-state index in [1.54, 1.807) is 0 Å². The van der Waals surface area contributed by atoms with Crippen LogP contribution in [-0.2, 0) is 22.4 Å². The summed E-state index contributed by atoms with van der Waals surface area (Å²) in [6.07, 6.45) is 0. The fourth-order valence-electron chi connectivity index (χ4n) is 7.04. The van der Waals surface area contributed by atoms with E-state index in [2.05, 4.69) is 197 Å². The summed E-state index contributed by atoms with van der Waals surface area (Å²) in [6.45, 7) is 29.2. The molecule has 1 aliphatic heterocycles. The van der Waals surface area contributed by atoms with Crippen LogP contribution in [0.5, 0.6) is 0 Å². The molecule has 1 heterocycles. The molecule has 0 saturated heterocycles. The normalized spacial score (nSPS) is 12.3. The third-order valence-electron chi connectivity index (χ3n) is 9.74. The Bertz CT molecular complexity index is 1750. The van der Waals surface area contributed by atoms with Gasteiger partial charge in [-0.05, 0) is 85.8 Å². The molecule has 0 amide bonds. The molecular weight excluding hydrogens is 804 g/mol. The summed E-state index contributed by atoms with van der Waals surface area (Å²) >= 11 is 0. The minimum Gasteiger partial charge on any atom is -0.657 e. The first-order valence-corrected chi connectivity index (χ1v) is 18.4. The zero-order valence-corrected chi connectivity index (χ0v) is 34.9. The van der Waals surface area contributed by atoms with Crippen LogP contribution in [0.15, 0.2) is 97.1 Å². The first-order valence-electron chi connectivity index (χ1n) is 18.4. The number of aryl methyl sites for hydroxylation is 4. The Hall–Kier alpha value is -3.76. The van der Waals surface area contributed by atoms with Crippen molar-refractivity contribution < 1.29 is 22.4 Å². The molecule has 1 aliphatic rings. The number of benzene rings is 5. The van der Waals surface area contributed by atoms with Crippen LogP contribution in [0.2, 0.25) is 0 Å². The van der Waals surface area contributed by atoms with Gasteiger partial charge in [-0.1, -0.05) is 163 Å². The van der Waals surface area contributed by atoms with E-state index < -0.39 is 0 Å². The van der Waals surface area contributed by atoms with Gasteiger partial charge in [0.05, 0.1) is 0 Å². The summed E-state index contributed by atoms with van der Waals surface area (Å²) in [7, 11) is 0. The van der Waals surface area contributed by atoms with Crippen molar-refractivity contribution in [3.8, 4) is 0 Å². The van der Waals surface area contributed by atoms with Crippen molar-refractivity contribution in [1.82, 2.24) is 0 Å². The second-order valence-electron chi connectivity index (χ2n) is 15.2. The van der Waals surface area contributed by atoms with Crippen LogP contribution in [0.3, 0.4) is 0 Å². The van der Waals surface area contributed by atoms with Crippen molar-refractivity contribution in [2.45, 2.75) is 107 Å². The van der Waals surface area contributed by atoms with Crippen molar-refractivity contribution in [1.29, 1.82) is 0 Å². The topological polar surface area (TPSA) is 20.6 Å². The van der Waals surface area contributed by atoms with E-state index in [1.165, 1.54) is 67.3 Å². The smallest absolute Gasteiger partial charge is 0.0345 e. The fraction of sp³-hybridized carbons (Fsp3) is 0.340. The average Bonchev–Trinajstić information content (AvgIpc) is 3.45. The van der Waals surface area contributed by atoms with Gasteiger partial charge < -0.3 is 15.1 Å². The summed E-state index contributed by atoms with van der Waals surface area (Å²) in [5.41, 5.74) is 17.9. The van der Waals surface area contributed by atoms with Gasteiger partial charge in [0, 0.05) is 45.1 Å². The Morgan fingerprint density at radius 2 is 0.784 bits per heavy atom. The molecule has 0 unspecified atom stereocenters. The van der Waals surface area contributed by atoms with Crippen LogP contribution in [0.25, 0.3) is 5.32 Å². The number of hydrogen-bond acceptors (Lipinski definition) is 2. The molecule has 0 atom stereocenters. The zero-order chi connectivity index (χ0) is 36.3. The maximum atomic E-state index is 4.72. The fourth-order valence-corrected chi connectivity index (χ4v) is 7.04. The number of rotatable bonds is 8. The quantitative estimate of drug-likeness (QED) is 0.114. The van der Waals surface area contributed by atoms with Gasteiger partial charge in [0.25, 0.3) is 0 Å². The van der Waals surface area contributed by atoms with Gasteiger partial charge in [-0.25, -0.2) is 0 Å². The number of hydrogen-bond donors (Lipinski definition) is 0. The molecule has 0 bridgehead atoms. The minimum atomic E-state index is 0. The predicted octanol–water partition coefficient (Wildman–Crippen LogP) is 14.8. The van der Waals surface area contributed by atoms with Crippen molar-refractivity contribution >= 4 is 34.1 Å². The third kappa shape index (κ3) is 8.83. The molecule has 0 saturated carbocycles. The molecule has 51 heavy (non-hydrogen) atoms. The van der Waals surface area contributed by atoms with E-state index in [0.29, 0.717) is 23.7 Å². The number of fused-ring (bicyclic) bond motifs is 1. The maximum absolute atomic E-state index is 4.72. The standard InChI is InChI=1S/C31H39N2.C16H18N.Au/c1-20(2)24-13-11-14-25(21(3)4)30(24)32-19-33(29-18-10-9-17-28(29)32)31-26(22(5)6)15-12-16-27(31)23(7)8;1-11-5-7-15(13(3)9-11)17-16-8-6-12(2)10-14(16)4;/h9-23H,1-8H3;5-10H,1-4H3;/q2*-1;. The van der Waals surface area contributed by atoms with Crippen LogP contribution >= 0.6 is 0 Å². The molecule has 1 radical (unpaired) electrons. The van der Waals surface area contributed by atoms with Crippen molar-refractivity contribution in [3.63, 3.8) is 0 Å². The molecule has 0 spiro atoms. The number of para-hydroxylation sites is 4. The van der Waals surface area contributed by atoms with Crippen LogP contribution in [0, 0.1) is 34.4 Å². The zero-order valence-electron chi connectivity index (χ0n) is 32.8. The van der Waals surface area contributed by atoms with E-state index in [0.717, 1.165) is 11.4 Å². The maximum Gasteiger partial charge on any atom is 0.0345 e. The Morgan fingerprint density at radius 1 is 0.451 bits per heavy atom. The van der Waals surface area contributed by atoms with Gasteiger partial charge in [-0.3, -0.25) is 0 Å². The number of nitrogens with zero attached hydrogens (tertiary/aromatic N) is 3. The Labute approximate surface area is 325 Å². The molecule has 3 nitrogen and oxygen atoms in total. The molecule has 4 heteroatoms. The average molecular weight is 861 g/mol. The molecule has 5 aromatic rings. The van der Waals surface area contributed by atoms with Crippen LogP contribution in [-0.4, -0.2) is 0 Å². The Kier molecular flexibility index (Phi) is 13.5. The summed E-state index contributed by atoms with van der Waals surface area (Å²) in [5, 5.41) is 4.72. The molecule has 0 aliphatic carbocycles. The van der Waals surface area contributed by atoms with Crippen LogP contribution in [0.4, 0.5) is 34.1 Å². The molecule has 6 rings (SSSR count). The summed E-state index contributed by atoms with van der Waals surface area (Å²) < 4.78 is 0. The van der Waals surface area contributed by atoms with Gasteiger partial charge >= 0.3 is 0 Å². The van der Waals surface area contributed by atoms with E-state index in [9.17, 15) is 0 Å².